The summed E-state index contributed by atoms with van der Waals surface area (Å²) in [5.41, 5.74) is 2.22. The molecule has 0 radical (unpaired) electrons. The van der Waals surface area contributed by atoms with Gasteiger partial charge in [-0.3, -0.25) is 4.79 Å². The normalized spacial score (nSPS) is 10.2. The van der Waals surface area contributed by atoms with E-state index in [9.17, 15) is 4.79 Å². The van der Waals surface area contributed by atoms with E-state index in [-0.39, 0.29) is 5.78 Å². The molecule has 3 heteroatoms. The minimum Gasteiger partial charge on any atom is -0.300 e. The van der Waals surface area contributed by atoms with E-state index in [0.29, 0.717) is 6.42 Å². The van der Waals surface area contributed by atoms with Gasteiger partial charge in [-0.1, -0.05) is 24.3 Å². The Balaban J connectivity index is 2.21. The Morgan fingerprint density at radius 3 is 2.53 bits per heavy atom. The van der Waals surface area contributed by atoms with Gasteiger partial charge in [-0.05, 0) is 35.6 Å². The predicted molar refractivity (Wildman–Crippen MR) is 61.9 cm³/mol. The van der Waals surface area contributed by atoms with E-state index in [1.807, 2.05) is 30.3 Å². The lowest BCUT2D eigenvalue weighted by molar-refractivity contribution is -0.116. The van der Waals surface area contributed by atoms with Gasteiger partial charge in [-0.25, -0.2) is 4.37 Å². The number of hydrogen-bond donors (Lipinski definition) is 0. The number of carbonyl (C=O) groups excluding carboxylic acids is 1. The fraction of sp³-hybridized carbons (Fsp3) is 0.167. The van der Waals surface area contributed by atoms with E-state index in [4.69, 9.17) is 0 Å². The lowest BCUT2D eigenvalue weighted by Crippen LogP contribution is -1.95. The van der Waals surface area contributed by atoms with Crippen LogP contribution in [0.15, 0.2) is 36.5 Å². The standard InChI is InChI=1S/C12H11NOS/c1-9(14)8-10-2-4-11(5-3-10)12-6-7-13-15-12/h2-7H,8H2,1H3. The van der Waals surface area contributed by atoms with Crippen LogP contribution in [0.1, 0.15) is 12.5 Å². The van der Waals surface area contributed by atoms with Gasteiger partial charge in [0.05, 0.1) is 4.88 Å². The molecule has 0 N–H and O–H groups in total. The van der Waals surface area contributed by atoms with Gasteiger partial charge in [0.15, 0.2) is 0 Å². The Hall–Kier alpha value is -1.48. The Morgan fingerprint density at radius 1 is 1.27 bits per heavy atom. The van der Waals surface area contributed by atoms with Crippen LogP contribution in [0.25, 0.3) is 10.4 Å². The van der Waals surface area contributed by atoms with Gasteiger partial charge >= 0.3 is 0 Å². The lowest BCUT2D eigenvalue weighted by atomic mass is 10.1. The van der Waals surface area contributed by atoms with Crippen LogP contribution < -0.4 is 0 Å². The zero-order valence-electron chi connectivity index (χ0n) is 8.43. The monoisotopic (exact) mass is 217 g/mol. The van der Waals surface area contributed by atoms with Crippen molar-refractivity contribution in [1.29, 1.82) is 0 Å². The van der Waals surface area contributed by atoms with Crippen LogP contribution in [0.3, 0.4) is 0 Å². The molecule has 0 aliphatic carbocycles. The lowest BCUT2D eigenvalue weighted by Gasteiger charge is -1.99. The Bertz CT molecular complexity index is 445. The zero-order valence-corrected chi connectivity index (χ0v) is 9.25. The second-order valence-electron chi connectivity index (χ2n) is 3.45. The first-order valence-electron chi connectivity index (χ1n) is 4.75. The second-order valence-corrected chi connectivity index (χ2v) is 4.29. The SMILES string of the molecule is CC(=O)Cc1ccc(-c2ccns2)cc1. The molecule has 76 valence electrons. The topological polar surface area (TPSA) is 30.0 Å². The molecule has 0 aliphatic heterocycles. The van der Waals surface area contributed by atoms with Gasteiger partial charge in [0.25, 0.3) is 0 Å². The summed E-state index contributed by atoms with van der Waals surface area (Å²) in [6.07, 6.45) is 2.31. The van der Waals surface area contributed by atoms with Crippen LogP contribution in [-0.2, 0) is 11.2 Å². The molecule has 0 aliphatic rings. The maximum absolute atomic E-state index is 10.9. The first-order valence-corrected chi connectivity index (χ1v) is 5.52. The van der Waals surface area contributed by atoms with Crippen molar-refractivity contribution in [3.8, 4) is 10.4 Å². The average Bonchev–Trinajstić information content (AvgIpc) is 2.71. The molecular weight excluding hydrogens is 206 g/mol. The van der Waals surface area contributed by atoms with Crippen molar-refractivity contribution < 1.29 is 4.79 Å². The van der Waals surface area contributed by atoms with Crippen LogP contribution in [0.2, 0.25) is 0 Å². The molecule has 2 nitrogen and oxygen atoms in total. The first-order chi connectivity index (χ1) is 7.25. The summed E-state index contributed by atoms with van der Waals surface area (Å²) in [5, 5.41) is 0. The Morgan fingerprint density at radius 2 is 2.00 bits per heavy atom. The summed E-state index contributed by atoms with van der Waals surface area (Å²) < 4.78 is 4.06. The molecule has 0 bridgehead atoms. The molecular formula is C12H11NOS. The van der Waals surface area contributed by atoms with Gasteiger partial charge in [0.2, 0.25) is 0 Å². The van der Waals surface area contributed by atoms with E-state index in [1.165, 1.54) is 11.5 Å². The smallest absolute Gasteiger partial charge is 0.134 e. The molecule has 0 spiro atoms. The maximum atomic E-state index is 10.9. The number of carbonyl (C=O) groups is 1. The summed E-state index contributed by atoms with van der Waals surface area (Å²) in [7, 11) is 0. The van der Waals surface area contributed by atoms with Gasteiger partial charge in [-0.15, -0.1) is 0 Å². The fourth-order valence-electron chi connectivity index (χ4n) is 1.44. The van der Waals surface area contributed by atoms with Crippen molar-refractivity contribution in [2.75, 3.05) is 0 Å². The molecule has 15 heavy (non-hydrogen) atoms. The summed E-state index contributed by atoms with van der Waals surface area (Å²) in [5.74, 6) is 0.195. The van der Waals surface area contributed by atoms with Crippen molar-refractivity contribution in [1.82, 2.24) is 4.37 Å². The largest absolute Gasteiger partial charge is 0.300 e. The molecule has 1 aromatic heterocycles. The van der Waals surface area contributed by atoms with Crippen molar-refractivity contribution in [2.24, 2.45) is 0 Å². The molecule has 0 fully saturated rings. The maximum Gasteiger partial charge on any atom is 0.134 e. The van der Waals surface area contributed by atoms with Gasteiger partial charge < -0.3 is 0 Å². The molecule has 1 heterocycles. The summed E-state index contributed by atoms with van der Waals surface area (Å²) in [6.45, 7) is 1.61. The molecule has 2 aromatic rings. The van der Waals surface area contributed by atoms with E-state index < -0.39 is 0 Å². The molecule has 0 saturated heterocycles. The minimum atomic E-state index is 0.195. The highest BCUT2D eigenvalue weighted by Gasteiger charge is 2.01. The van der Waals surface area contributed by atoms with Gasteiger partial charge in [-0.2, -0.15) is 0 Å². The van der Waals surface area contributed by atoms with E-state index in [0.717, 1.165) is 16.0 Å². The average molecular weight is 217 g/mol. The summed E-state index contributed by atoms with van der Waals surface area (Å²) >= 11 is 1.48. The van der Waals surface area contributed by atoms with Crippen molar-refractivity contribution in [3.63, 3.8) is 0 Å². The van der Waals surface area contributed by atoms with Crippen LogP contribution >= 0.6 is 11.5 Å². The number of aromatic nitrogens is 1. The van der Waals surface area contributed by atoms with Gasteiger partial charge in [0, 0.05) is 12.6 Å². The van der Waals surface area contributed by atoms with E-state index >= 15 is 0 Å². The Kier molecular flexibility index (Phi) is 2.92. The van der Waals surface area contributed by atoms with Crippen LogP contribution in [0, 0.1) is 0 Å². The van der Waals surface area contributed by atoms with E-state index in [1.54, 1.807) is 13.1 Å². The third-order valence-corrected chi connectivity index (χ3v) is 2.92. The zero-order chi connectivity index (χ0) is 10.7. The highest BCUT2D eigenvalue weighted by atomic mass is 32.1. The Labute approximate surface area is 92.7 Å². The number of rotatable bonds is 3. The summed E-state index contributed by atoms with van der Waals surface area (Å²) in [4.78, 5) is 12.1. The van der Waals surface area contributed by atoms with Crippen LogP contribution in [-0.4, -0.2) is 10.2 Å². The highest BCUT2D eigenvalue weighted by Crippen LogP contribution is 2.22. The molecule has 1 aromatic carbocycles. The van der Waals surface area contributed by atoms with E-state index in [2.05, 4.69) is 4.37 Å². The van der Waals surface area contributed by atoms with Crippen LogP contribution in [0.4, 0.5) is 0 Å². The predicted octanol–water partition coefficient (Wildman–Crippen LogP) is 2.94. The second kappa shape index (κ2) is 4.36. The van der Waals surface area contributed by atoms with Crippen LogP contribution in [0.5, 0.6) is 0 Å². The fourth-order valence-corrected chi connectivity index (χ4v) is 2.04. The van der Waals surface area contributed by atoms with Gasteiger partial charge in [0.1, 0.15) is 5.78 Å². The number of hydrogen-bond acceptors (Lipinski definition) is 3. The molecule has 2 rings (SSSR count). The number of Topliss-reactive ketones (excluding diaryl/α,β-unsaturated/α-hetero) is 1. The third-order valence-electron chi connectivity index (χ3n) is 2.13. The number of benzene rings is 1. The minimum absolute atomic E-state index is 0.195. The number of nitrogens with zero attached hydrogens (tertiary/aromatic N) is 1. The first kappa shape index (κ1) is 10.1. The number of ketones is 1. The molecule has 0 amide bonds. The van der Waals surface area contributed by atoms with Crippen molar-refractivity contribution in [3.05, 3.63) is 42.1 Å². The highest BCUT2D eigenvalue weighted by molar-refractivity contribution is 7.09. The summed E-state index contributed by atoms with van der Waals surface area (Å²) in [6, 6.07) is 10.1. The van der Waals surface area contributed by atoms with Crippen molar-refractivity contribution >= 4 is 17.3 Å². The molecule has 0 atom stereocenters. The third kappa shape index (κ3) is 2.50. The molecule has 0 saturated carbocycles. The quantitative estimate of drug-likeness (QED) is 0.791. The molecule has 0 unspecified atom stereocenters. The van der Waals surface area contributed by atoms with Crippen molar-refractivity contribution in [2.45, 2.75) is 13.3 Å².